The Morgan fingerprint density at radius 1 is 0.967 bits per heavy atom. The van der Waals surface area contributed by atoms with E-state index >= 15 is 0 Å². The molecular weight excluding hydrogens is 396 g/mol. The van der Waals surface area contributed by atoms with Gasteiger partial charge in [-0.05, 0) is 38.1 Å². The van der Waals surface area contributed by atoms with Gasteiger partial charge in [0.25, 0.3) is 5.91 Å². The Morgan fingerprint density at radius 2 is 1.53 bits per heavy atom. The number of nitro groups is 1. The van der Waals surface area contributed by atoms with Gasteiger partial charge in [0, 0.05) is 11.8 Å². The number of ether oxygens (including phenoxy) is 3. The van der Waals surface area contributed by atoms with Crippen molar-refractivity contribution in [2.24, 2.45) is 0 Å². The normalized spacial score (nSPS) is 10.1. The van der Waals surface area contributed by atoms with E-state index in [4.69, 9.17) is 14.2 Å². The highest BCUT2D eigenvalue weighted by atomic mass is 16.6. The fraction of sp³-hybridized carbons (Fsp3) is 0.250. The number of carbonyl (C=O) groups is 3. The molecule has 0 aliphatic carbocycles. The van der Waals surface area contributed by atoms with Crippen molar-refractivity contribution in [1.82, 2.24) is 0 Å². The van der Waals surface area contributed by atoms with Gasteiger partial charge in [-0.2, -0.15) is 0 Å². The summed E-state index contributed by atoms with van der Waals surface area (Å²) in [4.78, 5) is 46.7. The van der Waals surface area contributed by atoms with E-state index in [9.17, 15) is 24.5 Å². The van der Waals surface area contributed by atoms with Gasteiger partial charge in [-0.25, -0.2) is 9.59 Å². The van der Waals surface area contributed by atoms with Crippen LogP contribution in [-0.2, 0) is 14.3 Å². The molecule has 0 saturated heterocycles. The van der Waals surface area contributed by atoms with Crippen LogP contribution in [0.1, 0.15) is 34.6 Å². The van der Waals surface area contributed by atoms with Gasteiger partial charge < -0.3 is 19.5 Å². The molecule has 30 heavy (non-hydrogen) atoms. The number of carbonyl (C=O) groups excluding carboxylic acids is 3. The van der Waals surface area contributed by atoms with Crippen molar-refractivity contribution in [2.75, 3.05) is 25.1 Å². The van der Waals surface area contributed by atoms with Gasteiger partial charge >= 0.3 is 17.6 Å². The maximum Gasteiger partial charge on any atom is 0.338 e. The summed E-state index contributed by atoms with van der Waals surface area (Å²) in [5.41, 5.74) is -0.0337. The van der Waals surface area contributed by atoms with E-state index in [-0.39, 0.29) is 41.5 Å². The van der Waals surface area contributed by atoms with E-state index < -0.39 is 29.4 Å². The van der Waals surface area contributed by atoms with Crippen molar-refractivity contribution in [3.05, 3.63) is 63.7 Å². The number of nitrogens with one attached hydrogen (secondary N) is 1. The quantitative estimate of drug-likeness (QED) is 0.375. The SMILES string of the molecule is CCOC(=O)c1cc(NC(=O)COc2ccccc2[N+](=O)[O-])cc(C(=O)OCC)c1. The second kappa shape index (κ2) is 10.6. The number of benzene rings is 2. The smallest absolute Gasteiger partial charge is 0.338 e. The maximum absolute atomic E-state index is 12.2. The predicted molar refractivity (Wildman–Crippen MR) is 106 cm³/mol. The fourth-order valence-corrected chi connectivity index (χ4v) is 2.43. The molecule has 2 aromatic rings. The first-order chi connectivity index (χ1) is 14.3. The van der Waals surface area contributed by atoms with E-state index in [1.807, 2.05) is 0 Å². The summed E-state index contributed by atoms with van der Waals surface area (Å²) in [7, 11) is 0. The molecule has 158 valence electrons. The number of nitrogens with zero attached hydrogens (tertiary/aromatic N) is 1. The maximum atomic E-state index is 12.2. The number of anilines is 1. The molecule has 0 saturated carbocycles. The summed E-state index contributed by atoms with van der Waals surface area (Å²) >= 11 is 0. The first kappa shape index (κ1) is 22.3. The van der Waals surface area contributed by atoms with Crippen molar-refractivity contribution in [2.45, 2.75) is 13.8 Å². The molecular formula is C20H20N2O8. The number of amides is 1. The molecule has 10 heteroatoms. The lowest BCUT2D eigenvalue weighted by molar-refractivity contribution is -0.385. The molecule has 0 aliphatic rings. The van der Waals surface area contributed by atoms with Crippen LogP contribution >= 0.6 is 0 Å². The van der Waals surface area contributed by atoms with Gasteiger partial charge in [0.1, 0.15) is 0 Å². The van der Waals surface area contributed by atoms with Crippen LogP contribution in [0.15, 0.2) is 42.5 Å². The number of hydrogen-bond donors (Lipinski definition) is 1. The van der Waals surface area contributed by atoms with Crippen LogP contribution in [0.3, 0.4) is 0 Å². The minimum atomic E-state index is -0.671. The molecule has 0 unspecified atom stereocenters. The first-order valence-electron chi connectivity index (χ1n) is 9.01. The van der Waals surface area contributed by atoms with Crippen molar-refractivity contribution < 1.29 is 33.5 Å². The van der Waals surface area contributed by atoms with Crippen LogP contribution in [0, 0.1) is 10.1 Å². The topological polar surface area (TPSA) is 134 Å². The summed E-state index contributed by atoms with van der Waals surface area (Å²) in [5.74, 6) is -2.06. The zero-order valence-corrected chi connectivity index (χ0v) is 16.4. The standard InChI is InChI=1S/C20H20N2O8/c1-3-28-19(24)13-9-14(20(25)29-4-2)11-15(10-13)21-18(23)12-30-17-8-6-5-7-16(17)22(26)27/h5-11H,3-4,12H2,1-2H3,(H,21,23). The Bertz CT molecular complexity index is 921. The third-order valence-corrected chi connectivity index (χ3v) is 3.66. The third kappa shape index (κ3) is 6.03. The summed E-state index contributed by atoms with van der Waals surface area (Å²) in [6, 6.07) is 9.60. The molecule has 0 aromatic heterocycles. The molecule has 0 bridgehead atoms. The number of esters is 2. The second-order valence-corrected chi connectivity index (χ2v) is 5.80. The number of para-hydroxylation sites is 2. The van der Waals surface area contributed by atoms with Crippen LogP contribution in [0.4, 0.5) is 11.4 Å². The zero-order valence-electron chi connectivity index (χ0n) is 16.4. The highest BCUT2D eigenvalue weighted by Gasteiger charge is 2.17. The molecule has 0 aliphatic heterocycles. The van der Waals surface area contributed by atoms with Crippen molar-refractivity contribution >= 4 is 29.2 Å². The van der Waals surface area contributed by atoms with Gasteiger partial charge in [-0.15, -0.1) is 0 Å². The highest BCUT2D eigenvalue weighted by molar-refractivity contribution is 5.99. The van der Waals surface area contributed by atoms with E-state index in [0.29, 0.717) is 0 Å². The summed E-state index contributed by atoms with van der Waals surface area (Å²) in [6.07, 6.45) is 0. The summed E-state index contributed by atoms with van der Waals surface area (Å²) in [6.45, 7) is 3.01. The molecule has 0 heterocycles. The fourth-order valence-electron chi connectivity index (χ4n) is 2.43. The molecule has 0 spiro atoms. The van der Waals surface area contributed by atoms with Crippen LogP contribution in [0.5, 0.6) is 5.75 Å². The average Bonchev–Trinajstić information content (AvgIpc) is 2.72. The van der Waals surface area contributed by atoms with Crippen LogP contribution in [0.2, 0.25) is 0 Å². The Balaban J connectivity index is 2.17. The molecule has 10 nitrogen and oxygen atoms in total. The Hall–Kier alpha value is -3.95. The number of hydrogen-bond acceptors (Lipinski definition) is 8. The molecule has 0 radical (unpaired) electrons. The van der Waals surface area contributed by atoms with E-state index in [1.165, 1.54) is 42.5 Å². The lowest BCUT2D eigenvalue weighted by atomic mass is 10.1. The van der Waals surface area contributed by atoms with Gasteiger partial charge in [0.2, 0.25) is 0 Å². The van der Waals surface area contributed by atoms with Crippen molar-refractivity contribution in [3.63, 3.8) is 0 Å². The Kier molecular flexibility index (Phi) is 7.86. The molecule has 1 amide bonds. The predicted octanol–water partition coefficient (Wildman–Crippen LogP) is 2.97. The monoisotopic (exact) mass is 416 g/mol. The first-order valence-corrected chi connectivity index (χ1v) is 9.01. The van der Waals surface area contributed by atoms with Gasteiger partial charge in [0.05, 0.1) is 29.3 Å². The van der Waals surface area contributed by atoms with E-state index in [1.54, 1.807) is 13.8 Å². The van der Waals surface area contributed by atoms with E-state index in [0.717, 1.165) is 0 Å². The largest absolute Gasteiger partial charge is 0.477 e. The number of nitro benzene ring substituents is 1. The Morgan fingerprint density at radius 3 is 2.07 bits per heavy atom. The molecule has 0 fully saturated rings. The van der Waals surface area contributed by atoms with Gasteiger partial charge in [-0.1, -0.05) is 12.1 Å². The number of rotatable bonds is 9. The molecule has 1 N–H and O–H groups in total. The summed E-state index contributed by atoms with van der Waals surface area (Å²) < 4.78 is 15.1. The van der Waals surface area contributed by atoms with Crippen molar-refractivity contribution in [3.8, 4) is 5.75 Å². The lowest BCUT2D eigenvalue weighted by Crippen LogP contribution is -2.21. The average molecular weight is 416 g/mol. The third-order valence-electron chi connectivity index (χ3n) is 3.66. The highest BCUT2D eigenvalue weighted by Crippen LogP contribution is 2.25. The minimum absolute atomic E-state index is 0.0531. The molecule has 0 atom stereocenters. The lowest BCUT2D eigenvalue weighted by Gasteiger charge is -2.11. The molecule has 2 rings (SSSR count). The second-order valence-electron chi connectivity index (χ2n) is 5.80. The van der Waals surface area contributed by atoms with Gasteiger partial charge in [-0.3, -0.25) is 14.9 Å². The van der Waals surface area contributed by atoms with Crippen LogP contribution < -0.4 is 10.1 Å². The van der Waals surface area contributed by atoms with E-state index in [2.05, 4.69) is 5.32 Å². The van der Waals surface area contributed by atoms with Crippen molar-refractivity contribution in [1.29, 1.82) is 0 Å². The van der Waals surface area contributed by atoms with Crippen LogP contribution in [-0.4, -0.2) is 42.6 Å². The Labute approximate surface area is 171 Å². The van der Waals surface area contributed by atoms with Gasteiger partial charge in [0.15, 0.2) is 12.4 Å². The molecule has 2 aromatic carbocycles. The zero-order chi connectivity index (χ0) is 22.1. The van der Waals surface area contributed by atoms with Crippen LogP contribution in [0.25, 0.3) is 0 Å². The summed E-state index contributed by atoms with van der Waals surface area (Å²) in [5, 5.41) is 13.5. The minimum Gasteiger partial charge on any atom is -0.477 e.